The van der Waals surface area contributed by atoms with Gasteiger partial charge in [0, 0.05) is 28.3 Å². The number of nitrogens with one attached hydrogen (secondary N) is 1. The molecule has 0 aliphatic rings. The number of carboxylic acid groups (broad SMARTS) is 1. The molecule has 0 radical (unpaired) electrons. The van der Waals surface area contributed by atoms with E-state index in [4.69, 9.17) is 27.6 Å². The molecule has 0 atom stereocenters. The van der Waals surface area contributed by atoms with E-state index in [1.54, 1.807) is 42.5 Å². The van der Waals surface area contributed by atoms with Gasteiger partial charge < -0.3 is 9.52 Å². The predicted molar refractivity (Wildman–Crippen MR) is 124 cm³/mol. The molecule has 4 rings (SSSR count). The average molecular weight is 503 g/mol. The maximum absolute atomic E-state index is 11.8. The van der Waals surface area contributed by atoms with Crippen molar-refractivity contribution < 1.29 is 19.2 Å². The Kier molecular flexibility index (Phi) is 6.50. The molecule has 0 spiro atoms. The molecule has 0 unspecified atom stereocenters. The third-order valence-electron chi connectivity index (χ3n) is 4.32. The monoisotopic (exact) mass is 502 g/mol. The molecular weight excluding hydrogens is 491 g/mol. The number of rotatable bonds is 7. The van der Waals surface area contributed by atoms with Crippen molar-refractivity contribution >= 4 is 52.7 Å². The zero-order chi connectivity index (χ0) is 23.5. The number of nitro benzene ring substituents is 1. The van der Waals surface area contributed by atoms with Crippen LogP contribution in [0.5, 0.6) is 0 Å². The molecule has 0 bridgehead atoms. The molecule has 2 aromatic heterocycles. The molecule has 0 amide bonds. The van der Waals surface area contributed by atoms with Crippen molar-refractivity contribution in [2.75, 3.05) is 0 Å². The van der Waals surface area contributed by atoms with Crippen LogP contribution in [0, 0.1) is 10.1 Å². The predicted octanol–water partition coefficient (Wildman–Crippen LogP) is 6.16. The van der Waals surface area contributed by atoms with Crippen LogP contribution in [0.3, 0.4) is 0 Å². The van der Waals surface area contributed by atoms with Gasteiger partial charge in [-0.15, -0.1) is 5.10 Å². The molecular formula is C21H12Cl2N4O5S. The molecule has 12 heteroatoms. The normalized spacial score (nSPS) is 11.5. The summed E-state index contributed by atoms with van der Waals surface area (Å²) < 4.78 is 5.67. The lowest BCUT2D eigenvalue weighted by Gasteiger charge is -2.00. The van der Waals surface area contributed by atoms with Crippen LogP contribution < -0.4 is 0 Å². The number of aromatic amines is 1. The Balaban J connectivity index is 1.57. The molecule has 2 N–H and O–H groups in total. The second-order valence-electron chi connectivity index (χ2n) is 6.51. The number of aromatic nitrogens is 3. The number of aliphatic carboxylic acids is 1. The number of hydrogen-bond acceptors (Lipinski definition) is 7. The Morgan fingerprint density at radius 3 is 2.55 bits per heavy atom. The minimum absolute atomic E-state index is 0.00413. The Bertz CT molecular complexity index is 1380. The van der Waals surface area contributed by atoms with Gasteiger partial charge in [0.2, 0.25) is 5.16 Å². The Morgan fingerprint density at radius 1 is 1.12 bits per heavy atom. The third kappa shape index (κ3) is 5.25. The third-order valence-corrected chi connectivity index (χ3v) is 5.77. The number of nitro groups is 1. The van der Waals surface area contributed by atoms with E-state index in [9.17, 15) is 20.0 Å². The van der Waals surface area contributed by atoms with Crippen molar-refractivity contribution in [1.82, 2.24) is 15.2 Å². The highest BCUT2D eigenvalue weighted by molar-refractivity contribution is 8.04. The largest absolute Gasteiger partial charge is 0.477 e. The maximum Gasteiger partial charge on any atom is 0.342 e. The number of carbonyl (C=O) groups is 1. The van der Waals surface area contributed by atoms with Gasteiger partial charge in [-0.05, 0) is 60.3 Å². The number of nitrogens with zero attached hydrogens (tertiary/aromatic N) is 3. The number of halogens is 2. The fourth-order valence-corrected chi connectivity index (χ4v) is 3.78. The van der Waals surface area contributed by atoms with Crippen LogP contribution in [0.4, 0.5) is 5.69 Å². The van der Waals surface area contributed by atoms with Gasteiger partial charge in [-0.1, -0.05) is 23.2 Å². The van der Waals surface area contributed by atoms with Crippen molar-refractivity contribution in [3.63, 3.8) is 0 Å². The van der Waals surface area contributed by atoms with Crippen molar-refractivity contribution in [2.24, 2.45) is 0 Å². The van der Waals surface area contributed by atoms with Gasteiger partial charge in [-0.2, -0.15) is 0 Å². The molecule has 9 nitrogen and oxygen atoms in total. The minimum Gasteiger partial charge on any atom is -0.477 e. The molecule has 2 aromatic carbocycles. The summed E-state index contributed by atoms with van der Waals surface area (Å²) in [6.45, 7) is 0. The fraction of sp³-hybridized carbons (Fsp3) is 0. The highest BCUT2D eigenvalue weighted by Crippen LogP contribution is 2.33. The summed E-state index contributed by atoms with van der Waals surface area (Å²) in [5, 5.41) is 28.3. The summed E-state index contributed by atoms with van der Waals surface area (Å²) in [6.07, 6.45) is 1.32. The molecule has 2 heterocycles. The maximum atomic E-state index is 11.8. The van der Waals surface area contributed by atoms with Crippen molar-refractivity contribution in [1.29, 1.82) is 0 Å². The van der Waals surface area contributed by atoms with Crippen LogP contribution in [0.1, 0.15) is 5.76 Å². The summed E-state index contributed by atoms with van der Waals surface area (Å²) >= 11 is 12.6. The van der Waals surface area contributed by atoms with Crippen LogP contribution in [-0.2, 0) is 4.79 Å². The standard InChI is InChI=1S/C21H12Cl2N4O5S/c22-13-4-1-11(2-5-13)19-24-21(26-25-19)33-18(20(28)29)10-14-6-8-17(32-14)12-3-7-15(23)16(9-12)27(30)31/h1-10H,(H,28,29)(H,24,25,26)/b18-10-. The van der Waals surface area contributed by atoms with E-state index >= 15 is 0 Å². The first-order valence-electron chi connectivity index (χ1n) is 9.15. The summed E-state index contributed by atoms with van der Waals surface area (Å²) in [4.78, 5) is 26.5. The summed E-state index contributed by atoms with van der Waals surface area (Å²) in [6, 6.07) is 14.3. The van der Waals surface area contributed by atoms with Gasteiger partial charge in [0.05, 0.1) is 4.92 Å². The molecule has 0 saturated carbocycles. The fourth-order valence-electron chi connectivity index (χ4n) is 2.78. The number of hydrogen-bond donors (Lipinski definition) is 2. The Hall–Kier alpha value is -3.60. The Labute approximate surface area is 200 Å². The lowest BCUT2D eigenvalue weighted by Crippen LogP contribution is -1.97. The molecule has 0 saturated heterocycles. The van der Waals surface area contributed by atoms with Crippen LogP contribution in [-0.4, -0.2) is 31.2 Å². The second-order valence-corrected chi connectivity index (χ2v) is 8.37. The molecule has 4 aromatic rings. The minimum atomic E-state index is -1.20. The van der Waals surface area contributed by atoms with Gasteiger partial charge >= 0.3 is 5.97 Å². The van der Waals surface area contributed by atoms with Crippen LogP contribution in [0.25, 0.3) is 28.8 Å². The van der Waals surface area contributed by atoms with Gasteiger partial charge in [0.15, 0.2) is 5.82 Å². The molecule has 0 fully saturated rings. The zero-order valence-electron chi connectivity index (χ0n) is 16.4. The second kappa shape index (κ2) is 9.49. The van der Waals surface area contributed by atoms with Gasteiger partial charge in [-0.3, -0.25) is 15.2 Å². The summed E-state index contributed by atoms with van der Waals surface area (Å²) in [5.41, 5.74) is 0.912. The molecule has 0 aliphatic heterocycles. The topological polar surface area (TPSA) is 135 Å². The van der Waals surface area contributed by atoms with E-state index < -0.39 is 10.9 Å². The first-order valence-corrected chi connectivity index (χ1v) is 10.7. The summed E-state index contributed by atoms with van der Waals surface area (Å²) in [7, 11) is 0. The van der Waals surface area contributed by atoms with E-state index in [1.165, 1.54) is 18.2 Å². The quantitative estimate of drug-likeness (QED) is 0.132. The number of benzene rings is 2. The van der Waals surface area contributed by atoms with Crippen molar-refractivity contribution in [2.45, 2.75) is 5.16 Å². The van der Waals surface area contributed by atoms with Crippen LogP contribution >= 0.6 is 35.0 Å². The average Bonchev–Trinajstić information content (AvgIpc) is 3.44. The number of furan rings is 1. The van der Waals surface area contributed by atoms with Crippen LogP contribution in [0.2, 0.25) is 10.0 Å². The van der Waals surface area contributed by atoms with E-state index in [0.717, 1.165) is 17.3 Å². The van der Waals surface area contributed by atoms with Gasteiger partial charge in [0.1, 0.15) is 21.4 Å². The molecule has 0 aliphatic carbocycles. The number of H-pyrrole nitrogens is 1. The van der Waals surface area contributed by atoms with E-state index in [1.807, 2.05) is 0 Å². The van der Waals surface area contributed by atoms with E-state index in [-0.39, 0.29) is 26.5 Å². The molecule has 33 heavy (non-hydrogen) atoms. The first kappa shape index (κ1) is 22.6. The zero-order valence-corrected chi connectivity index (χ0v) is 18.7. The SMILES string of the molecule is O=C(O)/C(=C/c1ccc(-c2ccc(Cl)c([N+](=O)[O-])c2)o1)Sc1n[nH]c(-c2ccc(Cl)cc2)n1. The first-order chi connectivity index (χ1) is 15.8. The van der Waals surface area contributed by atoms with Crippen molar-refractivity contribution in [3.05, 3.63) is 85.4 Å². The lowest BCUT2D eigenvalue weighted by atomic mass is 10.1. The lowest BCUT2D eigenvalue weighted by molar-refractivity contribution is -0.384. The highest BCUT2D eigenvalue weighted by atomic mass is 35.5. The van der Waals surface area contributed by atoms with Gasteiger partial charge in [0.25, 0.3) is 5.69 Å². The number of thioether (sulfide) groups is 1. The molecule has 166 valence electrons. The number of carboxylic acids is 1. The Morgan fingerprint density at radius 2 is 1.85 bits per heavy atom. The van der Waals surface area contributed by atoms with Crippen molar-refractivity contribution in [3.8, 4) is 22.7 Å². The smallest absolute Gasteiger partial charge is 0.342 e. The summed E-state index contributed by atoms with van der Waals surface area (Å²) in [5.74, 6) is -0.180. The highest BCUT2D eigenvalue weighted by Gasteiger charge is 2.17. The van der Waals surface area contributed by atoms with Crippen LogP contribution in [0.15, 0.2) is 69.1 Å². The van der Waals surface area contributed by atoms with E-state index in [2.05, 4.69) is 15.2 Å². The van der Waals surface area contributed by atoms with Gasteiger partial charge in [-0.25, -0.2) is 9.78 Å². The van der Waals surface area contributed by atoms with E-state index in [0.29, 0.717) is 22.2 Å².